The number of Topliss-reactive ketones (excluding diaryl/α,β-unsaturated/α-hetero) is 1. The third-order valence-electron chi connectivity index (χ3n) is 4.35. The predicted octanol–water partition coefficient (Wildman–Crippen LogP) is 4.76. The second-order valence-corrected chi connectivity index (χ2v) is 7.24. The molecule has 1 atom stereocenters. The highest BCUT2D eigenvalue weighted by molar-refractivity contribution is 6.31. The molecule has 1 unspecified atom stereocenters. The Kier molecular flexibility index (Phi) is 4.92. The van der Waals surface area contributed by atoms with Gasteiger partial charge in [0.25, 0.3) is 5.91 Å². The molecule has 1 aromatic carbocycles. The van der Waals surface area contributed by atoms with Crippen molar-refractivity contribution in [3.63, 3.8) is 0 Å². The number of hydrogen-bond donors (Lipinski definition) is 1. The highest BCUT2D eigenvalue weighted by Gasteiger charge is 2.46. The zero-order valence-electron chi connectivity index (χ0n) is 14.8. The van der Waals surface area contributed by atoms with E-state index in [2.05, 4.69) is 0 Å². The van der Waals surface area contributed by atoms with Crippen LogP contribution in [0.2, 0.25) is 5.02 Å². The van der Waals surface area contributed by atoms with Crippen LogP contribution in [0.3, 0.4) is 0 Å². The van der Waals surface area contributed by atoms with Crippen LogP contribution in [0.1, 0.15) is 37.6 Å². The molecule has 0 spiro atoms. The zero-order chi connectivity index (χ0) is 19.0. The van der Waals surface area contributed by atoms with E-state index < -0.39 is 17.7 Å². The van der Waals surface area contributed by atoms with Crippen LogP contribution >= 0.6 is 11.6 Å². The lowest BCUT2D eigenvalue weighted by Crippen LogP contribution is -2.31. The number of aliphatic hydroxyl groups excluding tert-OH is 1. The van der Waals surface area contributed by atoms with Gasteiger partial charge >= 0.3 is 0 Å². The summed E-state index contributed by atoms with van der Waals surface area (Å²) < 4.78 is 5.50. The van der Waals surface area contributed by atoms with Crippen LogP contribution in [0.25, 0.3) is 0 Å². The summed E-state index contributed by atoms with van der Waals surface area (Å²) in [5.41, 5.74) is 1.39. The number of amides is 1. The molecule has 0 fully saturated rings. The molecule has 3 rings (SSSR count). The molecule has 1 aromatic heterocycles. The Bertz CT molecular complexity index is 883. The van der Waals surface area contributed by atoms with E-state index in [1.165, 1.54) is 11.2 Å². The summed E-state index contributed by atoms with van der Waals surface area (Å²) in [4.78, 5) is 27.0. The van der Waals surface area contributed by atoms with Gasteiger partial charge in [-0.3, -0.25) is 14.5 Å². The first kappa shape index (κ1) is 18.3. The first-order chi connectivity index (χ1) is 12.3. The summed E-state index contributed by atoms with van der Waals surface area (Å²) in [6.07, 6.45) is 1.70. The van der Waals surface area contributed by atoms with E-state index in [0.29, 0.717) is 16.5 Å². The van der Waals surface area contributed by atoms with Gasteiger partial charge in [-0.1, -0.05) is 31.5 Å². The average molecular weight is 374 g/mol. The highest BCUT2D eigenvalue weighted by atomic mass is 35.5. The molecule has 2 heterocycles. The molecule has 0 saturated heterocycles. The summed E-state index contributed by atoms with van der Waals surface area (Å²) in [7, 11) is 0. The SMILES string of the molecule is Cc1ccc(Cl)cc1N1C(=O)C(O)=C(C(=O)CC(C)C)C1c1ccco1. The number of halogens is 1. The second-order valence-electron chi connectivity index (χ2n) is 6.81. The number of ketones is 1. The number of furan rings is 1. The number of anilines is 1. The van der Waals surface area contributed by atoms with E-state index in [9.17, 15) is 14.7 Å². The van der Waals surface area contributed by atoms with E-state index in [1.54, 1.807) is 30.3 Å². The maximum atomic E-state index is 12.9. The second kappa shape index (κ2) is 7.00. The Labute approximate surface area is 156 Å². The van der Waals surface area contributed by atoms with Crippen LogP contribution in [0.4, 0.5) is 5.69 Å². The van der Waals surface area contributed by atoms with Crippen molar-refractivity contribution in [3.05, 3.63) is 64.3 Å². The standard InChI is InChI=1S/C20H20ClNO4/c1-11(2)9-15(23)17-18(16-5-4-8-26-16)22(20(25)19(17)24)14-10-13(21)7-6-12(14)3/h4-8,10-11,18,24H,9H2,1-3H3. The number of rotatable bonds is 5. The van der Waals surface area contributed by atoms with Gasteiger partial charge in [0.1, 0.15) is 11.8 Å². The van der Waals surface area contributed by atoms with Crippen LogP contribution in [0.15, 0.2) is 52.3 Å². The number of carbonyl (C=O) groups is 2. The number of aliphatic hydroxyl groups is 1. The Hall–Kier alpha value is -2.53. The van der Waals surface area contributed by atoms with Crippen molar-refractivity contribution < 1.29 is 19.1 Å². The van der Waals surface area contributed by atoms with Gasteiger partial charge in [-0.25, -0.2) is 0 Å². The topological polar surface area (TPSA) is 70.8 Å². The van der Waals surface area contributed by atoms with Crippen molar-refractivity contribution in [2.75, 3.05) is 4.90 Å². The van der Waals surface area contributed by atoms with Gasteiger partial charge in [-0.05, 0) is 42.7 Å². The van der Waals surface area contributed by atoms with Crippen molar-refractivity contribution >= 4 is 29.0 Å². The lowest BCUT2D eigenvalue weighted by Gasteiger charge is -2.26. The summed E-state index contributed by atoms with van der Waals surface area (Å²) in [6.45, 7) is 5.66. The van der Waals surface area contributed by atoms with Crippen molar-refractivity contribution in [1.29, 1.82) is 0 Å². The molecule has 1 N–H and O–H groups in total. The van der Waals surface area contributed by atoms with Crippen LogP contribution < -0.4 is 4.90 Å². The van der Waals surface area contributed by atoms with Crippen molar-refractivity contribution in [3.8, 4) is 0 Å². The van der Waals surface area contributed by atoms with Crippen LogP contribution in [-0.2, 0) is 9.59 Å². The molecular formula is C20H20ClNO4. The first-order valence-corrected chi connectivity index (χ1v) is 8.78. The fourth-order valence-electron chi connectivity index (χ4n) is 3.18. The number of carbonyl (C=O) groups excluding carboxylic acids is 2. The van der Waals surface area contributed by atoms with Crippen LogP contribution in [0.5, 0.6) is 0 Å². The van der Waals surface area contributed by atoms with E-state index in [0.717, 1.165) is 5.56 Å². The minimum atomic E-state index is -0.819. The monoisotopic (exact) mass is 373 g/mol. The minimum Gasteiger partial charge on any atom is -0.503 e. The molecule has 136 valence electrons. The molecule has 26 heavy (non-hydrogen) atoms. The molecule has 0 bridgehead atoms. The van der Waals surface area contributed by atoms with Crippen molar-refractivity contribution in [2.24, 2.45) is 5.92 Å². The van der Waals surface area contributed by atoms with E-state index in [4.69, 9.17) is 16.0 Å². The normalized spacial score (nSPS) is 17.5. The minimum absolute atomic E-state index is 0.0676. The Morgan fingerprint density at radius 2 is 2.08 bits per heavy atom. The molecule has 0 aliphatic carbocycles. The average Bonchev–Trinajstić information content (AvgIpc) is 3.17. The predicted molar refractivity (Wildman–Crippen MR) is 99.2 cm³/mol. The highest BCUT2D eigenvalue weighted by Crippen LogP contribution is 2.43. The lowest BCUT2D eigenvalue weighted by atomic mass is 9.95. The largest absolute Gasteiger partial charge is 0.503 e. The molecule has 0 radical (unpaired) electrons. The van der Waals surface area contributed by atoms with E-state index >= 15 is 0 Å². The Morgan fingerprint density at radius 1 is 1.35 bits per heavy atom. The zero-order valence-corrected chi connectivity index (χ0v) is 15.6. The maximum Gasteiger partial charge on any atom is 0.294 e. The summed E-state index contributed by atoms with van der Waals surface area (Å²) in [5.74, 6) is -0.930. The summed E-state index contributed by atoms with van der Waals surface area (Å²) in [5, 5.41) is 11.0. The molecule has 1 amide bonds. The number of aryl methyl sites for hydroxylation is 1. The smallest absolute Gasteiger partial charge is 0.294 e. The fourth-order valence-corrected chi connectivity index (χ4v) is 3.34. The fraction of sp³-hybridized carbons (Fsp3) is 0.300. The molecule has 6 heteroatoms. The van der Waals surface area contributed by atoms with Crippen LogP contribution in [-0.4, -0.2) is 16.8 Å². The van der Waals surface area contributed by atoms with Gasteiger partial charge in [0.2, 0.25) is 0 Å². The van der Waals surface area contributed by atoms with Gasteiger partial charge in [0.05, 0.1) is 11.8 Å². The third-order valence-corrected chi connectivity index (χ3v) is 4.58. The van der Waals surface area contributed by atoms with E-state index in [1.807, 2.05) is 20.8 Å². The Balaban J connectivity index is 2.15. The van der Waals surface area contributed by atoms with Crippen LogP contribution in [0, 0.1) is 12.8 Å². The molecule has 2 aromatic rings. The molecular weight excluding hydrogens is 354 g/mol. The van der Waals surface area contributed by atoms with Gasteiger partial charge in [0, 0.05) is 17.1 Å². The van der Waals surface area contributed by atoms with Gasteiger partial charge < -0.3 is 9.52 Å². The lowest BCUT2D eigenvalue weighted by molar-refractivity contribution is -0.118. The quantitative estimate of drug-likeness (QED) is 0.820. The molecule has 5 nitrogen and oxygen atoms in total. The van der Waals surface area contributed by atoms with Crippen molar-refractivity contribution in [2.45, 2.75) is 33.2 Å². The number of nitrogens with zero attached hydrogens (tertiary/aromatic N) is 1. The Morgan fingerprint density at radius 3 is 2.69 bits per heavy atom. The maximum absolute atomic E-state index is 12.9. The van der Waals surface area contributed by atoms with Gasteiger partial charge in [-0.15, -0.1) is 0 Å². The molecule has 1 aliphatic heterocycles. The third kappa shape index (κ3) is 3.15. The summed E-state index contributed by atoms with van der Waals surface area (Å²) >= 11 is 6.12. The molecule has 0 saturated carbocycles. The van der Waals surface area contributed by atoms with Gasteiger partial charge in [-0.2, -0.15) is 0 Å². The van der Waals surface area contributed by atoms with Gasteiger partial charge in [0.15, 0.2) is 11.5 Å². The van der Waals surface area contributed by atoms with Crippen molar-refractivity contribution in [1.82, 2.24) is 0 Å². The number of hydrogen-bond acceptors (Lipinski definition) is 4. The van der Waals surface area contributed by atoms with E-state index in [-0.39, 0.29) is 23.7 Å². The molecule has 1 aliphatic rings. The number of benzene rings is 1. The first-order valence-electron chi connectivity index (χ1n) is 8.40. The summed E-state index contributed by atoms with van der Waals surface area (Å²) in [6, 6.07) is 7.71.